The van der Waals surface area contributed by atoms with Crippen LogP contribution in [0.2, 0.25) is 0 Å². The summed E-state index contributed by atoms with van der Waals surface area (Å²) in [5, 5.41) is 5.62. The number of nitrogens with one attached hydrogen (secondary N) is 2. The van der Waals surface area contributed by atoms with E-state index in [4.69, 9.17) is 0 Å². The average molecular weight is 311 g/mol. The minimum absolute atomic E-state index is 0.0748. The molecule has 1 aromatic carbocycles. The van der Waals surface area contributed by atoms with Crippen molar-refractivity contribution in [3.05, 3.63) is 41.8 Å². The third-order valence-corrected chi connectivity index (χ3v) is 4.58. The van der Waals surface area contributed by atoms with E-state index < -0.39 is 27.0 Å². The van der Waals surface area contributed by atoms with Crippen LogP contribution in [0.5, 0.6) is 0 Å². The molecule has 0 aliphatic heterocycles. The van der Waals surface area contributed by atoms with Gasteiger partial charge in [0.2, 0.25) is 10.0 Å². The first-order valence-corrected chi connectivity index (χ1v) is 7.71. The molecule has 0 fully saturated rings. The Kier molecular flexibility index (Phi) is 4.08. The number of hydrogen-bond acceptors (Lipinski definition) is 4. The zero-order valence-electron chi connectivity index (χ0n) is 11.4. The van der Waals surface area contributed by atoms with Crippen LogP contribution >= 0.6 is 0 Å². The molecule has 2 aromatic rings. The molecule has 112 valence electrons. The summed E-state index contributed by atoms with van der Waals surface area (Å²) in [5.74, 6) is -1.19. The number of hydrogen-bond donors (Lipinski definition) is 2. The summed E-state index contributed by atoms with van der Waals surface area (Å²) >= 11 is 0. The molecule has 21 heavy (non-hydrogen) atoms. The van der Waals surface area contributed by atoms with Crippen molar-refractivity contribution in [1.29, 1.82) is 0 Å². The number of sulfonamides is 1. The maximum Gasteiger partial charge on any atom is 0.268 e. The third-order valence-electron chi connectivity index (χ3n) is 2.87. The molecule has 1 amide bonds. The summed E-state index contributed by atoms with van der Waals surface area (Å²) in [4.78, 5) is 12.1. The van der Waals surface area contributed by atoms with Gasteiger partial charge in [0, 0.05) is 5.56 Å². The molecule has 1 aromatic heterocycles. The predicted octanol–water partition coefficient (Wildman–Crippen LogP) is 1.68. The van der Waals surface area contributed by atoms with E-state index in [9.17, 15) is 17.6 Å². The van der Waals surface area contributed by atoms with Gasteiger partial charge in [-0.1, -0.05) is 0 Å². The molecule has 0 aliphatic carbocycles. The molecule has 0 aliphatic rings. The van der Waals surface area contributed by atoms with Gasteiger partial charge < -0.3 is 0 Å². The van der Waals surface area contributed by atoms with E-state index in [1.807, 2.05) is 4.72 Å². The van der Waals surface area contributed by atoms with Crippen LogP contribution in [0.1, 0.15) is 24.2 Å². The molecular weight excluding hydrogens is 297 g/mol. The maximum atomic E-state index is 12.9. The number of amides is 1. The van der Waals surface area contributed by atoms with Crippen LogP contribution in [-0.4, -0.2) is 29.8 Å². The number of nitrogens with zero attached hydrogens (tertiary/aromatic N) is 1. The number of aromatic nitrogens is 2. The van der Waals surface area contributed by atoms with E-state index in [1.165, 1.54) is 44.3 Å². The molecule has 2 rings (SSSR count). The van der Waals surface area contributed by atoms with E-state index in [1.54, 1.807) is 0 Å². The van der Waals surface area contributed by atoms with Crippen molar-refractivity contribution in [2.24, 2.45) is 0 Å². The van der Waals surface area contributed by atoms with Crippen LogP contribution in [0.25, 0.3) is 11.3 Å². The predicted molar refractivity (Wildman–Crippen MR) is 75.5 cm³/mol. The molecule has 6 nitrogen and oxygen atoms in total. The van der Waals surface area contributed by atoms with Crippen LogP contribution in [0.4, 0.5) is 4.39 Å². The highest BCUT2D eigenvalue weighted by Gasteiger charge is 2.23. The number of rotatable bonds is 4. The Balaban J connectivity index is 2.33. The molecule has 1 heterocycles. The fourth-order valence-corrected chi connectivity index (χ4v) is 2.20. The Morgan fingerprint density at radius 2 is 1.90 bits per heavy atom. The van der Waals surface area contributed by atoms with Crippen LogP contribution in [0.15, 0.2) is 30.5 Å². The van der Waals surface area contributed by atoms with Gasteiger partial charge >= 0.3 is 0 Å². The van der Waals surface area contributed by atoms with E-state index in [0.717, 1.165) is 0 Å². The molecule has 0 spiro atoms. The van der Waals surface area contributed by atoms with Crippen molar-refractivity contribution >= 4 is 15.9 Å². The molecule has 0 saturated carbocycles. The van der Waals surface area contributed by atoms with Crippen molar-refractivity contribution in [2.75, 3.05) is 0 Å². The van der Waals surface area contributed by atoms with Crippen LogP contribution in [-0.2, 0) is 10.0 Å². The Labute approximate surface area is 121 Å². The van der Waals surface area contributed by atoms with Crippen LogP contribution in [0, 0.1) is 5.82 Å². The van der Waals surface area contributed by atoms with Gasteiger partial charge in [-0.15, -0.1) is 0 Å². The minimum atomic E-state index is -3.73. The molecule has 2 N–H and O–H groups in total. The summed E-state index contributed by atoms with van der Waals surface area (Å²) in [7, 11) is -3.73. The summed E-state index contributed by atoms with van der Waals surface area (Å²) in [6.45, 7) is 2.93. The van der Waals surface area contributed by atoms with Gasteiger partial charge in [0.15, 0.2) is 0 Å². The number of carbonyl (C=O) groups is 1. The van der Waals surface area contributed by atoms with Gasteiger partial charge in [-0.2, -0.15) is 5.10 Å². The lowest BCUT2D eigenvalue weighted by molar-refractivity contribution is 0.0982. The van der Waals surface area contributed by atoms with Gasteiger partial charge in [-0.05, 0) is 38.1 Å². The SMILES string of the molecule is CC(C)S(=O)(=O)NC(=O)c1cn[nH]c1-c1ccc(F)cc1. The quantitative estimate of drug-likeness (QED) is 0.898. The van der Waals surface area contributed by atoms with E-state index in [0.29, 0.717) is 11.3 Å². The zero-order valence-corrected chi connectivity index (χ0v) is 12.2. The fourth-order valence-electron chi connectivity index (χ4n) is 1.60. The van der Waals surface area contributed by atoms with E-state index in [-0.39, 0.29) is 5.56 Å². The second kappa shape index (κ2) is 5.65. The number of aromatic amines is 1. The first-order chi connectivity index (χ1) is 9.81. The van der Waals surface area contributed by atoms with Crippen molar-refractivity contribution in [1.82, 2.24) is 14.9 Å². The van der Waals surface area contributed by atoms with Gasteiger partial charge in [0.1, 0.15) is 5.82 Å². The summed E-state index contributed by atoms with van der Waals surface area (Å²) < 4.78 is 38.3. The molecular formula is C13H14FN3O3S. The van der Waals surface area contributed by atoms with Gasteiger partial charge in [-0.25, -0.2) is 17.5 Å². The third kappa shape index (κ3) is 3.27. The Bertz CT molecular complexity index is 751. The lowest BCUT2D eigenvalue weighted by atomic mass is 10.1. The average Bonchev–Trinajstić information content (AvgIpc) is 2.88. The topological polar surface area (TPSA) is 91.9 Å². The highest BCUT2D eigenvalue weighted by Crippen LogP contribution is 2.21. The second-order valence-electron chi connectivity index (χ2n) is 4.69. The fraction of sp³-hybridized carbons (Fsp3) is 0.231. The van der Waals surface area contributed by atoms with E-state index >= 15 is 0 Å². The lowest BCUT2D eigenvalue weighted by Crippen LogP contribution is -2.35. The van der Waals surface area contributed by atoms with Gasteiger partial charge in [-0.3, -0.25) is 9.89 Å². The largest absolute Gasteiger partial charge is 0.277 e. The molecule has 0 atom stereocenters. The van der Waals surface area contributed by atoms with Gasteiger partial charge in [0.25, 0.3) is 5.91 Å². The number of halogens is 1. The van der Waals surface area contributed by atoms with Crippen molar-refractivity contribution in [2.45, 2.75) is 19.1 Å². The Morgan fingerprint density at radius 1 is 1.29 bits per heavy atom. The van der Waals surface area contributed by atoms with Crippen LogP contribution in [0.3, 0.4) is 0 Å². The second-order valence-corrected chi connectivity index (χ2v) is 6.93. The monoisotopic (exact) mass is 311 g/mol. The summed E-state index contributed by atoms with van der Waals surface area (Å²) in [6.07, 6.45) is 1.23. The minimum Gasteiger partial charge on any atom is -0.277 e. The molecule has 0 unspecified atom stereocenters. The zero-order chi connectivity index (χ0) is 15.6. The normalized spacial score (nSPS) is 11.6. The Morgan fingerprint density at radius 3 is 2.48 bits per heavy atom. The van der Waals surface area contributed by atoms with Crippen molar-refractivity contribution in [3.63, 3.8) is 0 Å². The first kappa shape index (κ1) is 15.2. The summed E-state index contributed by atoms with van der Waals surface area (Å²) in [6, 6.07) is 5.42. The first-order valence-electron chi connectivity index (χ1n) is 6.16. The summed E-state index contributed by atoms with van der Waals surface area (Å²) in [5.41, 5.74) is 0.929. The van der Waals surface area contributed by atoms with Crippen LogP contribution < -0.4 is 4.72 Å². The number of carbonyl (C=O) groups excluding carboxylic acids is 1. The molecule has 0 saturated heterocycles. The number of benzene rings is 1. The standard InChI is InChI=1S/C13H14FN3O3S/c1-8(2)21(19,20)17-13(18)11-7-15-16-12(11)9-3-5-10(14)6-4-9/h3-8H,1-2H3,(H,15,16)(H,17,18). The highest BCUT2D eigenvalue weighted by atomic mass is 32.2. The Hall–Kier alpha value is -2.22. The molecule has 0 radical (unpaired) electrons. The molecule has 8 heteroatoms. The van der Waals surface area contributed by atoms with Crippen molar-refractivity contribution in [3.8, 4) is 11.3 Å². The highest BCUT2D eigenvalue weighted by molar-refractivity contribution is 7.90. The van der Waals surface area contributed by atoms with Crippen molar-refractivity contribution < 1.29 is 17.6 Å². The number of H-pyrrole nitrogens is 1. The van der Waals surface area contributed by atoms with Gasteiger partial charge in [0.05, 0.1) is 22.7 Å². The molecule has 0 bridgehead atoms. The lowest BCUT2D eigenvalue weighted by Gasteiger charge is -2.09. The maximum absolute atomic E-state index is 12.9. The van der Waals surface area contributed by atoms with E-state index in [2.05, 4.69) is 10.2 Å². The smallest absolute Gasteiger partial charge is 0.268 e.